The molecule has 1 unspecified atom stereocenters. The molecule has 4 rings (SSSR count). The molecule has 2 saturated heterocycles. The van der Waals surface area contributed by atoms with E-state index in [1.54, 1.807) is 24.3 Å². The smallest absolute Gasteiger partial charge is 0.251 e. The number of anilines is 2. The number of benzene rings is 2. The maximum atomic E-state index is 13.1. The lowest BCUT2D eigenvalue weighted by atomic mass is 10.1. The normalized spacial score (nSPS) is 21.2. The van der Waals surface area contributed by atoms with Crippen LogP contribution in [0.15, 0.2) is 53.0 Å². The molecule has 0 saturated carbocycles. The fourth-order valence-corrected chi connectivity index (χ4v) is 3.97. The maximum Gasteiger partial charge on any atom is 0.251 e. The number of hydrogen-bond donors (Lipinski definition) is 0. The van der Waals surface area contributed by atoms with Crippen LogP contribution in [-0.4, -0.2) is 48.9 Å². The molecule has 0 spiro atoms. The minimum atomic E-state index is -0.406. The molecule has 2 aliphatic heterocycles. The largest absolute Gasteiger partial charge is 0.369 e. The van der Waals surface area contributed by atoms with E-state index in [2.05, 4.69) is 25.7 Å². The average molecular weight is 432 g/mol. The fourth-order valence-electron chi connectivity index (χ4n) is 3.71. The zero-order chi connectivity index (χ0) is 19.0. The first-order valence-corrected chi connectivity index (χ1v) is 9.69. The molecule has 2 fully saturated rings. The Morgan fingerprint density at radius 3 is 2.07 bits per heavy atom. The Hall–Kier alpha value is -2.25. The molecule has 0 aliphatic carbocycles. The second kappa shape index (κ2) is 7.40. The van der Waals surface area contributed by atoms with Gasteiger partial charge in [-0.05, 0) is 48.5 Å². The molecule has 5 nitrogen and oxygen atoms in total. The zero-order valence-corrected chi connectivity index (χ0v) is 16.2. The van der Waals surface area contributed by atoms with Gasteiger partial charge in [-0.15, -0.1) is 0 Å². The second-order valence-corrected chi connectivity index (χ2v) is 7.68. The van der Waals surface area contributed by atoms with Gasteiger partial charge in [0.2, 0.25) is 5.91 Å². The first-order valence-electron chi connectivity index (χ1n) is 8.90. The summed E-state index contributed by atoms with van der Waals surface area (Å²) < 4.78 is 14.0. The van der Waals surface area contributed by atoms with E-state index >= 15 is 0 Å². The first-order chi connectivity index (χ1) is 13.0. The number of hydrogen-bond acceptors (Lipinski definition) is 4. The molecule has 2 aliphatic rings. The molecule has 2 amide bonds. The van der Waals surface area contributed by atoms with Crippen molar-refractivity contribution in [2.24, 2.45) is 0 Å². The van der Waals surface area contributed by atoms with E-state index in [0.717, 1.165) is 23.2 Å². The molecule has 2 heterocycles. The topological polar surface area (TPSA) is 43.9 Å². The van der Waals surface area contributed by atoms with Gasteiger partial charge in [0.15, 0.2) is 0 Å². The molecule has 0 radical (unpaired) electrons. The van der Waals surface area contributed by atoms with Crippen molar-refractivity contribution in [1.82, 2.24) is 4.90 Å². The first kappa shape index (κ1) is 18.1. The van der Waals surface area contributed by atoms with E-state index in [0.29, 0.717) is 18.8 Å². The van der Waals surface area contributed by atoms with Crippen molar-refractivity contribution in [1.29, 1.82) is 0 Å². The Bertz CT molecular complexity index is 849. The summed E-state index contributed by atoms with van der Waals surface area (Å²) in [4.78, 5) is 30.9. The number of halogens is 2. The zero-order valence-electron chi connectivity index (χ0n) is 14.6. The summed E-state index contributed by atoms with van der Waals surface area (Å²) in [5.41, 5.74) is 1.59. The summed E-state index contributed by atoms with van der Waals surface area (Å²) in [5.74, 6) is -0.564. The number of imide groups is 1. The molecule has 2 aromatic rings. The van der Waals surface area contributed by atoms with Gasteiger partial charge >= 0.3 is 0 Å². The van der Waals surface area contributed by atoms with Crippen molar-refractivity contribution < 1.29 is 14.0 Å². The van der Waals surface area contributed by atoms with Crippen molar-refractivity contribution in [3.05, 3.63) is 58.8 Å². The van der Waals surface area contributed by atoms with Crippen LogP contribution in [0.3, 0.4) is 0 Å². The van der Waals surface area contributed by atoms with Gasteiger partial charge in [-0.25, -0.2) is 9.29 Å². The summed E-state index contributed by atoms with van der Waals surface area (Å²) in [7, 11) is 0. The summed E-state index contributed by atoms with van der Waals surface area (Å²) in [6, 6.07) is 13.2. The van der Waals surface area contributed by atoms with E-state index in [1.165, 1.54) is 17.0 Å². The van der Waals surface area contributed by atoms with Crippen molar-refractivity contribution >= 4 is 39.1 Å². The molecular weight excluding hydrogens is 413 g/mol. The van der Waals surface area contributed by atoms with Crippen LogP contribution in [-0.2, 0) is 9.59 Å². The van der Waals surface area contributed by atoms with Gasteiger partial charge in [0, 0.05) is 36.3 Å². The van der Waals surface area contributed by atoms with Crippen LogP contribution in [0.1, 0.15) is 6.42 Å². The molecule has 2 aromatic carbocycles. The van der Waals surface area contributed by atoms with Gasteiger partial charge in [0.25, 0.3) is 5.91 Å². The molecule has 140 valence electrons. The van der Waals surface area contributed by atoms with Crippen LogP contribution in [0, 0.1) is 5.82 Å². The van der Waals surface area contributed by atoms with Gasteiger partial charge in [0.05, 0.1) is 18.2 Å². The number of amides is 2. The minimum Gasteiger partial charge on any atom is -0.369 e. The monoisotopic (exact) mass is 431 g/mol. The van der Waals surface area contributed by atoms with Crippen LogP contribution in [0.5, 0.6) is 0 Å². The van der Waals surface area contributed by atoms with Gasteiger partial charge in [-0.3, -0.25) is 14.5 Å². The average Bonchev–Trinajstić information content (AvgIpc) is 2.98. The molecule has 7 heteroatoms. The maximum absolute atomic E-state index is 13.1. The molecule has 0 aromatic heterocycles. The van der Waals surface area contributed by atoms with Crippen LogP contribution >= 0.6 is 15.9 Å². The molecule has 1 atom stereocenters. The van der Waals surface area contributed by atoms with Gasteiger partial charge in [0.1, 0.15) is 5.82 Å². The fraction of sp³-hybridized carbons (Fsp3) is 0.300. The Labute approximate surface area is 165 Å². The Morgan fingerprint density at radius 1 is 0.852 bits per heavy atom. The number of carbonyl (C=O) groups excluding carboxylic acids is 2. The van der Waals surface area contributed by atoms with Gasteiger partial charge in [-0.1, -0.05) is 15.9 Å². The van der Waals surface area contributed by atoms with Crippen molar-refractivity contribution in [3.8, 4) is 0 Å². The summed E-state index contributed by atoms with van der Waals surface area (Å²) in [6.07, 6.45) is 0.214. The van der Waals surface area contributed by atoms with Gasteiger partial charge < -0.3 is 4.90 Å². The molecule has 27 heavy (non-hydrogen) atoms. The predicted molar refractivity (Wildman–Crippen MR) is 105 cm³/mol. The van der Waals surface area contributed by atoms with Crippen molar-refractivity contribution in [3.63, 3.8) is 0 Å². The Balaban J connectivity index is 1.43. The van der Waals surface area contributed by atoms with E-state index in [-0.39, 0.29) is 24.1 Å². The number of nitrogens with zero attached hydrogens (tertiary/aromatic N) is 3. The van der Waals surface area contributed by atoms with Gasteiger partial charge in [-0.2, -0.15) is 0 Å². The predicted octanol–water partition coefficient (Wildman–Crippen LogP) is 3.04. The van der Waals surface area contributed by atoms with E-state index in [4.69, 9.17) is 0 Å². The van der Waals surface area contributed by atoms with E-state index in [1.807, 2.05) is 12.1 Å². The highest BCUT2D eigenvalue weighted by Gasteiger charge is 2.43. The highest BCUT2D eigenvalue weighted by Crippen LogP contribution is 2.28. The van der Waals surface area contributed by atoms with E-state index in [9.17, 15) is 14.0 Å². The number of rotatable bonds is 3. The lowest BCUT2D eigenvalue weighted by Crippen LogP contribution is -2.52. The lowest BCUT2D eigenvalue weighted by Gasteiger charge is -2.38. The quantitative estimate of drug-likeness (QED) is 0.700. The highest BCUT2D eigenvalue weighted by molar-refractivity contribution is 9.10. The van der Waals surface area contributed by atoms with E-state index < -0.39 is 6.04 Å². The van der Waals surface area contributed by atoms with Crippen LogP contribution < -0.4 is 9.80 Å². The standard InChI is InChI=1S/C20H19BrFN3O2/c21-14-1-5-17(6-2-14)25-19(26)13-18(20(25)27)24-11-9-23(10-12-24)16-7-3-15(22)4-8-16/h1-8,18H,9-13H2. The third-order valence-electron chi connectivity index (χ3n) is 5.15. The SMILES string of the molecule is O=C1CC(N2CCN(c3ccc(F)cc3)CC2)C(=O)N1c1ccc(Br)cc1. The van der Waals surface area contributed by atoms with Crippen LogP contribution in [0.4, 0.5) is 15.8 Å². The summed E-state index contributed by atoms with van der Waals surface area (Å²) in [6.45, 7) is 2.86. The Morgan fingerprint density at radius 2 is 1.44 bits per heavy atom. The molecular formula is C20H19BrFN3O2. The second-order valence-electron chi connectivity index (χ2n) is 6.76. The molecule has 0 bridgehead atoms. The molecule has 0 N–H and O–H groups in total. The summed E-state index contributed by atoms with van der Waals surface area (Å²) >= 11 is 3.37. The minimum absolute atomic E-state index is 0.155. The Kier molecular flexibility index (Phi) is 4.97. The lowest BCUT2D eigenvalue weighted by molar-refractivity contribution is -0.123. The third kappa shape index (κ3) is 3.61. The van der Waals surface area contributed by atoms with Crippen molar-refractivity contribution in [2.75, 3.05) is 36.0 Å². The van der Waals surface area contributed by atoms with Crippen LogP contribution in [0.2, 0.25) is 0 Å². The summed E-state index contributed by atoms with van der Waals surface area (Å²) in [5, 5.41) is 0. The highest BCUT2D eigenvalue weighted by atomic mass is 79.9. The third-order valence-corrected chi connectivity index (χ3v) is 5.68. The number of piperazine rings is 1. The van der Waals surface area contributed by atoms with Crippen molar-refractivity contribution in [2.45, 2.75) is 12.5 Å². The van der Waals surface area contributed by atoms with Crippen LogP contribution in [0.25, 0.3) is 0 Å². The number of carbonyl (C=O) groups is 2.